The predicted octanol–water partition coefficient (Wildman–Crippen LogP) is 2.01. The number of nitrogens with zero attached hydrogens (tertiary/aromatic N) is 5. The molecule has 0 atom stereocenters. The van der Waals surface area contributed by atoms with Gasteiger partial charge in [0.05, 0.1) is 0 Å². The van der Waals surface area contributed by atoms with Crippen molar-refractivity contribution >= 4 is 44.3 Å². The van der Waals surface area contributed by atoms with Crippen LogP contribution in [0.15, 0.2) is 41.5 Å². The molecule has 9 nitrogen and oxygen atoms in total. The van der Waals surface area contributed by atoms with E-state index in [4.69, 9.17) is 0 Å². The smallest absolute Gasteiger partial charge is 0.273 e. The minimum Gasteiger partial charge on any atom is -0.353 e. The van der Waals surface area contributed by atoms with Crippen molar-refractivity contribution in [2.24, 2.45) is 5.92 Å². The molecule has 2 aromatic heterocycles. The Bertz CT molecular complexity index is 1230. The Morgan fingerprint density at radius 1 is 1.15 bits per heavy atom. The van der Waals surface area contributed by atoms with Crippen LogP contribution in [-0.2, 0) is 16.1 Å². The van der Waals surface area contributed by atoms with Gasteiger partial charge in [-0.1, -0.05) is 29.5 Å². The van der Waals surface area contributed by atoms with Crippen LogP contribution in [0.1, 0.15) is 25.7 Å². The van der Waals surface area contributed by atoms with Crippen molar-refractivity contribution in [1.29, 1.82) is 0 Å². The second kappa shape index (κ2) is 8.93. The average molecular weight is 467 g/mol. The van der Waals surface area contributed by atoms with Crippen LogP contribution in [0.2, 0.25) is 0 Å². The monoisotopic (exact) mass is 466 g/mol. The van der Waals surface area contributed by atoms with Gasteiger partial charge in [0, 0.05) is 37.8 Å². The van der Waals surface area contributed by atoms with Gasteiger partial charge in [-0.25, -0.2) is 4.98 Å². The van der Waals surface area contributed by atoms with Crippen molar-refractivity contribution in [2.45, 2.75) is 38.3 Å². The predicted molar refractivity (Wildman–Crippen MR) is 128 cm³/mol. The zero-order valence-corrected chi connectivity index (χ0v) is 19.3. The van der Waals surface area contributed by atoms with Crippen LogP contribution in [0.3, 0.4) is 0 Å². The number of thiazole rings is 1. The number of amides is 2. The summed E-state index contributed by atoms with van der Waals surface area (Å²) in [5.41, 5.74) is 0.893. The molecule has 1 N–H and O–H groups in total. The lowest BCUT2D eigenvalue weighted by Gasteiger charge is -2.30. The number of piperidine rings is 1. The number of para-hydroxylation sites is 1. The first kappa shape index (κ1) is 21.6. The van der Waals surface area contributed by atoms with Crippen molar-refractivity contribution < 1.29 is 9.59 Å². The molecule has 1 aliphatic carbocycles. The maximum Gasteiger partial charge on any atom is 0.273 e. The molecule has 2 amide bonds. The number of aromatic nitrogens is 3. The molecule has 1 aromatic carbocycles. The van der Waals surface area contributed by atoms with Gasteiger partial charge >= 0.3 is 0 Å². The van der Waals surface area contributed by atoms with E-state index in [1.165, 1.54) is 27.1 Å². The highest BCUT2D eigenvalue weighted by Crippen LogP contribution is 2.30. The van der Waals surface area contributed by atoms with Gasteiger partial charge in [0.1, 0.15) is 17.6 Å². The Hall–Kier alpha value is -3.27. The van der Waals surface area contributed by atoms with Gasteiger partial charge in [-0.3, -0.25) is 19.0 Å². The Labute approximate surface area is 195 Å². The van der Waals surface area contributed by atoms with Gasteiger partial charge in [-0.2, -0.15) is 4.98 Å². The first-order chi connectivity index (χ1) is 16.0. The van der Waals surface area contributed by atoms with Gasteiger partial charge < -0.3 is 15.1 Å². The highest BCUT2D eigenvalue weighted by Gasteiger charge is 2.30. The van der Waals surface area contributed by atoms with E-state index in [2.05, 4.69) is 20.2 Å². The van der Waals surface area contributed by atoms with E-state index in [9.17, 15) is 14.4 Å². The second-order valence-electron chi connectivity index (χ2n) is 8.66. The lowest BCUT2D eigenvalue weighted by atomic mass is 9.96. The molecule has 2 aliphatic rings. The zero-order valence-electron chi connectivity index (χ0n) is 18.4. The highest BCUT2D eigenvalue weighted by atomic mass is 32.1. The standard InChI is InChI=1S/C23H26N6O3S/c1-27(17-5-3-2-4-6-17)18(30)13-29-14-24-20-19(22(29)32)33-23(26-20)28-11-9-15(10-12-28)21(31)25-16-7-8-16/h2-6,14-16H,7-13H2,1H3,(H,25,31). The normalized spacial score (nSPS) is 16.7. The fourth-order valence-corrected chi connectivity index (χ4v) is 5.03. The summed E-state index contributed by atoms with van der Waals surface area (Å²) in [6, 6.07) is 9.68. The van der Waals surface area contributed by atoms with Crippen LogP contribution >= 0.6 is 11.3 Å². The zero-order chi connectivity index (χ0) is 22.9. The first-order valence-corrected chi connectivity index (χ1v) is 12.0. The molecule has 0 spiro atoms. The number of fused-ring (bicyclic) bond motifs is 1. The summed E-state index contributed by atoms with van der Waals surface area (Å²) >= 11 is 1.30. The quantitative estimate of drug-likeness (QED) is 0.597. The molecule has 1 aliphatic heterocycles. The van der Waals surface area contributed by atoms with Crippen LogP contribution in [0.25, 0.3) is 10.3 Å². The van der Waals surface area contributed by atoms with Crippen molar-refractivity contribution in [3.63, 3.8) is 0 Å². The Balaban J connectivity index is 1.27. The summed E-state index contributed by atoms with van der Waals surface area (Å²) in [5.74, 6) is -0.00364. The van der Waals surface area contributed by atoms with Crippen molar-refractivity contribution in [1.82, 2.24) is 19.9 Å². The lowest BCUT2D eigenvalue weighted by Crippen LogP contribution is -2.41. The van der Waals surface area contributed by atoms with Crippen molar-refractivity contribution in [2.75, 3.05) is 29.9 Å². The molecule has 0 radical (unpaired) electrons. The number of hydrogen-bond donors (Lipinski definition) is 1. The number of nitrogens with one attached hydrogen (secondary N) is 1. The summed E-state index contributed by atoms with van der Waals surface area (Å²) in [6.07, 6.45) is 5.11. The van der Waals surface area contributed by atoms with E-state index in [0.717, 1.165) is 49.6 Å². The third-order valence-electron chi connectivity index (χ3n) is 6.26. The Morgan fingerprint density at radius 3 is 2.58 bits per heavy atom. The third-order valence-corrected chi connectivity index (χ3v) is 7.35. The van der Waals surface area contributed by atoms with Gasteiger partial charge in [0.25, 0.3) is 5.56 Å². The summed E-state index contributed by atoms with van der Waals surface area (Å²) in [6.45, 7) is 1.34. The minimum atomic E-state index is -0.266. The molecule has 0 unspecified atom stereocenters. The van der Waals surface area contributed by atoms with Crippen molar-refractivity contribution in [3.8, 4) is 0 Å². The molecule has 1 saturated carbocycles. The fraction of sp³-hybridized carbons (Fsp3) is 0.435. The third kappa shape index (κ3) is 4.61. The number of anilines is 2. The maximum atomic E-state index is 13.0. The molecule has 172 valence electrons. The van der Waals surface area contributed by atoms with Crippen LogP contribution in [-0.4, -0.2) is 52.5 Å². The van der Waals surface area contributed by atoms with Crippen LogP contribution < -0.4 is 20.7 Å². The van der Waals surface area contributed by atoms with Crippen LogP contribution in [0.4, 0.5) is 10.8 Å². The van der Waals surface area contributed by atoms with Gasteiger partial charge in [-0.05, 0) is 37.8 Å². The number of carbonyl (C=O) groups excluding carboxylic acids is 2. The largest absolute Gasteiger partial charge is 0.353 e. The van der Waals surface area contributed by atoms with Gasteiger partial charge in [-0.15, -0.1) is 0 Å². The molecule has 3 aromatic rings. The molecular formula is C23H26N6O3S. The summed E-state index contributed by atoms with van der Waals surface area (Å²) in [5, 5.41) is 3.83. The van der Waals surface area contributed by atoms with Gasteiger partial charge in [0.15, 0.2) is 10.8 Å². The molecule has 33 heavy (non-hydrogen) atoms. The molecule has 3 heterocycles. The number of rotatable bonds is 6. The van der Waals surface area contributed by atoms with Crippen LogP contribution in [0, 0.1) is 5.92 Å². The highest BCUT2D eigenvalue weighted by molar-refractivity contribution is 7.22. The summed E-state index contributed by atoms with van der Waals surface area (Å²) in [7, 11) is 1.69. The van der Waals surface area contributed by atoms with E-state index in [-0.39, 0.29) is 29.8 Å². The topological polar surface area (TPSA) is 100 Å². The van der Waals surface area contributed by atoms with E-state index in [1.807, 2.05) is 30.3 Å². The maximum absolute atomic E-state index is 13.0. The fourth-order valence-electron chi connectivity index (χ4n) is 4.01. The minimum absolute atomic E-state index is 0.0409. The van der Waals surface area contributed by atoms with Crippen LogP contribution in [0.5, 0.6) is 0 Å². The number of carbonyl (C=O) groups is 2. The SMILES string of the molecule is CN(C(=O)Cn1cnc2nc(N3CCC(C(=O)NC4CC4)CC3)sc2c1=O)c1ccccc1. The van der Waals surface area contributed by atoms with E-state index in [1.54, 1.807) is 7.05 Å². The molecule has 0 bridgehead atoms. The lowest BCUT2D eigenvalue weighted by molar-refractivity contribution is -0.125. The number of benzene rings is 1. The van der Waals surface area contributed by atoms with Gasteiger partial charge in [0.2, 0.25) is 11.8 Å². The molecule has 2 fully saturated rings. The summed E-state index contributed by atoms with van der Waals surface area (Å²) < 4.78 is 1.77. The van der Waals surface area contributed by atoms with E-state index < -0.39 is 0 Å². The summed E-state index contributed by atoms with van der Waals surface area (Å²) in [4.78, 5) is 50.6. The molecular weight excluding hydrogens is 440 g/mol. The van der Waals surface area contributed by atoms with Crippen molar-refractivity contribution in [3.05, 3.63) is 47.0 Å². The second-order valence-corrected chi connectivity index (χ2v) is 9.64. The molecule has 5 rings (SSSR count). The van der Waals surface area contributed by atoms with E-state index in [0.29, 0.717) is 16.4 Å². The first-order valence-electron chi connectivity index (χ1n) is 11.2. The Morgan fingerprint density at radius 2 is 1.88 bits per heavy atom. The number of hydrogen-bond acceptors (Lipinski definition) is 7. The molecule has 1 saturated heterocycles. The Kier molecular flexibility index (Phi) is 5.84. The molecule has 10 heteroatoms. The average Bonchev–Trinajstić information content (AvgIpc) is 3.55. The van der Waals surface area contributed by atoms with E-state index >= 15 is 0 Å². The number of likely N-dealkylation sites (N-methyl/N-ethyl adjacent to an activating group) is 1.